The van der Waals surface area contributed by atoms with Gasteiger partial charge in [-0.1, -0.05) is 6.07 Å². The van der Waals surface area contributed by atoms with Gasteiger partial charge in [0, 0.05) is 24.3 Å². The van der Waals surface area contributed by atoms with E-state index in [1.165, 1.54) is 17.7 Å². The molecule has 5 aromatic heterocycles. The Labute approximate surface area is 213 Å². The lowest BCUT2D eigenvalue weighted by atomic mass is 9.90. The fraction of sp³-hybridized carbons (Fsp3) is 0.250. The SMILES string of the molecule is O=C(N[C@H]1CCC[C@@H](n2c(-c3ccccn3)nc3cnc(-n4cncn4)cc32)C1)c1ccc(Br)s1. The molecule has 176 valence electrons. The summed E-state index contributed by atoms with van der Waals surface area (Å²) in [5.74, 6) is 1.45. The number of imidazole rings is 1. The number of pyridine rings is 2. The normalized spacial score (nSPS) is 18.1. The van der Waals surface area contributed by atoms with Crippen LogP contribution in [0, 0.1) is 0 Å². The van der Waals surface area contributed by atoms with Crippen LogP contribution in [-0.2, 0) is 0 Å². The molecule has 9 nitrogen and oxygen atoms in total. The van der Waals surface area contributed by atoms with Gasteiger partial charge < -0.3 is 9.88 Å². The lowest BCUT2D eigenvalue weighted by Crippen LogP contribution is -2.38. The quantitative estimate of drug-likeness (QED) is 0.338. The Bertz CT molecular complexity index is 1480. The van der Waals surface area contributed by atoms with Gasteiger partial charge in [0.2, 0.25) is 0 Å². The molecule has 0 aliphatic heterocycles. The van der Waals surface area contributed by atoms with Crippen molar-refractivity contribution in [2.45, 2.75) is 37.8 Å². The Morgan fingerprint density at radius 3 is 2.89 bits per heavy atom. The number of rotatable bonds is 5. The first kappa shape index (κ1) is 22.1. The van der Waals surface area contributed by atoms with Gasteiger partial charge in [0.15, 0.2) is 11.6 Å². The molecule has 0 unspecified atom stereocenters. The van der Waals surface area contributed by atoms with E-state index >= 15 is 0 Å². The summed E-state index contributed by atoms with van der Waals surface area (Å²) in [6.45, 7) is 0. The van der Waals surface area contributed by atoms with Crippen molar-refractivity contribution in [3.05, 3.63) is 70.1 Å². The highest BCUT2D eigenvalue weighted by Crippen LogP contribution is 2.36. The molecule has 0 spiro atoms. The van der Waals surface area contributed by atoms with Gasteiger partial charge in [0.1, 0.15) is 23.9 Å². The van der Waals surface area contributed by atoms with Gasteiger partial charge in [-0.2, -0.15) is 5.10 Å². The highest BCUT2D eigenvalue weighted by Gasteiger charge is 2.29. The van der Waals surface area contributed by atoms with Crippen molar-refractivity contribution in [3.8, 4) is 17.3 Å². The van der Waals surface area contributed by atoms with Crippen molar-refractivity contribution in [1.82, 2.24) is 39.6 Å². The van der Waals surface area contributed by atoms with Crippen molar-refractivity contribution in [3.63, 3.8) is 0 Å². The zero-order valence-corrected chi connectivity index (χ0v) is 21.0. The van der Waals surface area contributed by atoms with Crippen LogP contribution in [0.25, 0.3) is 28.4 Å². The maximum atomic E-state index is 12.8. The highest BCUT2D eigenvalue weighted by molar-refractivity contribution is 9.11. The van der Waals surface area contributed by atoms with Crippen LogP contribution in [0.15, 0.2) is 65.2 Å². The summed E-state index contributed by atoms with van der Waals surface area (Å²) in [7, 11) is 0. The van der Waals surface area contributed by atoms with Gasteiger partial charge in [-0.15, -0.1) is 11.3 Å². The zero-order valence-electron chi connectivity index (χ0n) is 18.6. The minimum atomic E-state index is -0.0237. The van der Waals surface area contributed by atoms with Gasteiger partial charge in [-0.05, 0) is 65.9 Å². The van der Waals surface area contributed by atoms with E-state index < -0.39 is 0 Å². The first-order valence-corrected chi connectivity index (χ1v) is 13.0. The summed E-state index contributed by atoms with van der Waals surface area (Å²) in [6, 6.07) is 11.8. The van der Waals surface area contributed by atoms with Crippen molar-refractivity contribution in [1.29, 1.82) is 0 Å². The third-order valence-electron chi connectivity index (χ3n) is 6.25. The van der Waals surface area contributed by atoms with Gasteiger partial charge >= 0.3 is 0 Å². The summed E-state index contributed by atoms with van der Waals surface area (Å²) >= 11 is 4.89. The molecule has 2 atom stereocenters. The van der Waals surface area contributed by atoms with E-state index in [0.29, 0.717) is 10.7 Å². The number of fused-ring (bicyclic) bond motifs is 1. The smallest absolute Gasteiger partial charge is 0.261 e. The number of nitrogens with one attached hydrogen (secondary N) is 1. The molecular formula is C24H21BrN8OS. The first-order chi connectivity index (χ1) is 17.2. The van der Waals surface area contributed by atoms with Gasteiger partial charge in [0.05, 0.1) is 20.4 Å². The van der Waals surface area contributed by atoms with Crippen molar-refractivity contribution in [2.75, 3.05) is 0 Å². The summed E-state index contributed by atoms with van der Waals surface area (Å²) in [6.07, 6.45) is 10.4. The lowest BCUT2D eigenvalue weighted by molar-refractivity contribution is 0.0925. The van der Waals surface area contributed by atoms with Crippen molar-refractivity contribution >= 4 is 44.2 Å². The maximum Gasteiger partial charge on any atom is 0.261 e. The van der Waals surface area contributed by atoms with E-state index in [0.717, 1.165) is 52.0 Å². The summed E-state index contributed by atoms with van der Waals surface area (Å²) in [5, 5.41) is 7.47. The minimum Gasteiger partial charge on any atom is -0.349 e. The van der Waals surface area contributed by atoms with Crippen molar-refractivity contribution in [2.24, 2.45) is 0 Å². The van der Waals surface area contributed by atoms with Crippen LogP contribution >= 0.6 is 27.3 Å². The van der Waals surface area contributed by atoms with Crippen LogP contribution in [-0.4, -0.2) is 46.2 Å². The van der Waals surface area contributed by atoms with Gasteiger partial charge in [0.25, 0.3) is 5.91 Å². The molecule has 11 heteroatoms. The number of nitrogens with zero attached hydrogens (tertiary/aromatic N) is 7. The van der Waals surface area contributed by atoms with Crippen LogP contribution in [0.2, 0.25) is 0 Å². The number of carbonyl (C=O) groups is 1. The zero-order chi connectivity index (χ0) is 23.8. The Kier molecular flexibility index (Phi) is 5.86. The number of carbonyl (C=O) groups excluding carboxylic acids is 1. The summed E-state index contributed by atoms with van der Waals surface area (Å²) in [5.41, 5.74) is 2.56. The number of thiophene rings is 1. The molecule has 0 radical (unpaired) electrons. The number of halogens is 1. The van der Waals surface area contributed by atoms with Crippen LogP contribution < -0.4 is 5.32 Å². The van der Waals surface area contributed by atoms with E-state index in [-0.39, 0.29) is 18.0 Å². The maximum absolute atomic E-state index is 12.8. The molecule has 0 aromatic carbocycles. The van der Waals surface area contributed by atoms with Crippen LogP contribution in [0.4, 0.5) is 0 Å². The van der Waals surface area contributed by atoms with Crippen molar-refractivity contribution < 1.29 is 4.79 Å². The van der Waals surface area contributed by atoms with E-state index in [1.807, 2.05) is 36.4 Å². The van der Waals surface area contributed by atoms with E-state index in [2.05, 4.69) is 45.9 Å². The predicted molar refractivity (Wildman–Crippen MR) is 136 cm³/mol. The topological polar surface area (TPSA) is 103 Å². The molecular weight excluding hydrogens is 528 g/mol. The summed E-state index contributed by atoms with van der Waals surface area (Å²) in [4.78, 5) is 31.6. The Morgan fingerprint density at radius 2 is 2.11 bits per heavy atom. The molecule has 0 saturated heterocycles. The fourth-order valence-electron chi connectivity index (χ4n) is 4.71. The lowest BCUT2D eigenvalue weighted by Gasteiger charge is -2.31. The molecule has 1 aliphatic rings. The third-order valence-corrected chi connectivity index (χ3v) is 7.88. The largest absolute Gasteiger partial charge is 0.349 e. The number of hydrogen-bond donors (Lipinski definition) is 1. The molecule has 5 aromatic rings. The Morgan fingerprint density at radius 1 is 1.17 bits per heavy atom. The monoisotopic (exact) mass is 548 g/mol. The number of aromatic nitrogens is 7. The molecule has 1 saturated carbocycles. The first-order valence-electron chi connectivity index (χ1n) is 11.4. The minimum absolute atomic E-state index is 0.0237. The molecule has 1 amide bonds. The standard InChI is InChI=1S/C24H21BrN8OS/c25-21-8-7-20(35-21)24(34)30-15-4-3-5-16(10-15)33-19-11-22(32-14-26-13-29-32)28-12-18(19)31-23(33)17-6-1-2-9-27-17/h1-2,6-9,11-16H,3-5,10H2,(H,30,34)/t15-,16+/m0/s1. The average molecular weight is 549 g/mol. The highest BCUT2D eigenvalue weighted by atomic mass is 79.9. The summed E-state index contributed by atoms with van der Waals surface area (Å²) < 4.78 is 4.85. The number of hydrogen-bond acceptors (Lipinski definition) is 7. The molecule has 0 bridgehead atoms. The molecule has 6 rings (SSSR count). The van der Waals surface area contributed by atoms with Gasteiger partial charge in [-0.25, -0.2) is 19.6 Å². The predicted octanol–water partition coefficient (Wildman–Crippen LogP) is 4.81. The molecule has 1 fully saturated rings. The second-order valence-corrected chi connectivity index (χ2v) is 10.9. The second kappa shape index (κ2) is 9.31. The van der Waals surface area contributed by atoms with Gasteiger partial charge in [-0.3, -0.25) is 9.78 Å². The molecule has 1 N–H and O–H groups in total. The average Bonchev–Trinajstić information content (AvgIpc) is 3.64. The Hall–Kier alpha value is -3.44. The fourth-order valence-corrected chi connectivity index (χ4v) is 6.00. The van der Waals surface area contributed by atoms with Crippen LogP contribution in [0.3, 0.4) is 0 Å². The van der Waals surface area contributed by atoms with Crippen LogP contribution in [0.5, 0.6) is 0 Å². The molecule has 1 aliphatic carbocycles. The molecule has 35 heavy (non-hydrogen) atoms. The van der Waals surface area contributed by atoms with E-state index in [1.54, 1.807) is 23.4 Å². The van der Waals surface area contributed by atoms with Crippen LogP contribution in [0.1, 0.15) is 41.4 Å². The second-order valence-electron chi connectivity index (χ2n) is 8.49. The Balaban J connectivity index is 1.38. The van der Waals surface area contributed by atoms with E-state index in [4.69, 9.17) is 4.98 Å². The molecule has 5 heterocycles. The van der Waals surface area contributed by atoms with E-state index in [9.17, 15) is 4.79 Å². The number of amides is 1. The third kappa shape index (κ3) is 4.37.